The van der Waals surface area contributed by atoms with Crippen molar-refractivity contribution < 1.29 is 19.1 Å². The molecule has 0 aliphatic carbocycles. The van der Waals surface area contributed by atoms with E-state index < -0.39 is 17.3 Å². The van der Waals surface area contributed by atoms with E-state index >= 15 is 0 Å². The van der Waals surface area contributed by atoms with Crippen LogP contribution in [0.4, 0.5) is 10.1 Å². The highest BCUT2D eigenvalue weighted by Crippen LogP contribution is 2.19. The summed E-state index contributed by atoms with van der Waals surface area (Å²) in [5.41, 5.74) is -0.315. The Morgan fingerprint density at radius 2 is 2.00 bits per heavy atom. The molecule has 0 saturated heterocycles. The Labute approximate surface area is 142 Å². The van der Waals surface area contributed by atoms with Gasteiger partial charge in [0, 0.05) is 24.1 Å². The molecule has 1 aromatic carbocycles. The van der Waals surface area contributed by atoms with Gasteiger partial charge in [-0.05, 0) is 43.9 Å². The van der Waals surface area contributed by atoms with Crippen molar-refractivity contribution >= 4 is 17.5 Å². The van der Waals surface area contributed by atoms with Gasteiger partial charge in [-0.25, -0.2) is 4.39 Å². The van der Waals surface area contributed by atoms with E-state index in [0.29, 0.717) is 19.3 Å². The standard InChI is InChI=1S/C18H27FN2O3/c1-5-18(4,8-9-22)21-17(24)13-6-7-15(14(19)11-13)20-16(23)10-12(2)3/h6-7,11-12,22H,5,8-10H2,1-4H3,(H,20,23)(H,21,24). The summed E-state index contributed by atoms with van der Waals surface area (Å²) in [4.78, 5) is 24.0. The normalized spacial score (nSPS) is 13.5. The van der Waals surface area contributed by atoms with Crippen molar-refractivity contribution in [1.82, 2.24) is 5.32 Å². The number of benzene rings is 1. The van der Waals surface area contributed by atoms with Gasteiger partial charge in [0.1, 0.15) is 5.82 Å². The number of carbonyl (C=O) groups is 2. The van der Waals surface area contributed by atoms with E-state index in [1.165, 1.54) is 12.1 Å². The fourth-order valence-corrected chi connectivity index (χ4v) is 2.25. The molecule has 0 spiro atoms. The first-order chi connectivity index (χ1) is 11.2. The number of halogens is 1. The van der Waals surface area contributed by atoms with Gasteiger partial charge in [0.2, 0.25) is 5.91 Å². The van der Waals surface area contributed by atoms with E-state index in [1.807, 2.05) is 27.7 Å². The van der Waals surface area contributed by atoms with Crippen molar-refractivity contribution in [1.29, 1.82) is 0 Å². The van der Waals surface area contributed by atoms with Crippen LogP contribution in [0.1, 0.15) is 57.3 Å². The molecule has 2 amide bonds. The monoisotopic (exact) mass is 338 g/mol. The molecule has 0 radical (unpaired) electrons. The molecule has 0 aliphatic rings. The van der Waals surface area contributed by atoms with Gasteiger partial charge >= 0.3 is 0 Å². The third kappa shape index (κ3) is 5.92. The second kappa shape index (κ2) is 8.78. The van der Waals surface area contributed by atoms with Crippen molar-refractivity contribution in [2.45, 2.75) is 52.5 Å². The van der Waals surface area contributed by atoms with E-state index in [9.17, 15) is 14.0 Å². The van der Waals surface area contributed by atoms with E-state index in [-0.39, 0.29) is 29.7 Å². The van der Waals surface area contributed by atoms with Gasteiger partial charge in [-0.15, -0.1) is 0 Å². The lowest BCUT2D eigenvalue weighted by Gasteiger charge is -2.29. The van der Waals surface area contributed by atoms with Crippen molar-refractivity contribution in [3.63, 3.8) is 0 Å². The average molecular weight is 338 g/mol. The summed E-state index contributed by atoms with van der Waals surface area (Å²) in [6, 6.07) is 3.96. The molecule has 1 unspecified atom stereocenters. The first-order valence-electron chi connectivity index (χ1n) is 8.23. The molecular weight excluding hydrogens is 311 g/mol. The lowest BCUT2D eigenvalue weighted by atomic mass is 9.94. The van der Waals surface area contributed by atoms with Crippen LogP contribution in [0.2, 0.25) is 0 Å². The minimum atomic E-state index is -0.653. The van der Waals surface area contributed by atoms with Crippen LogP contribution >= 0.6 is 0 Å². The number of rotatable bonds is 8. The molecule has 1 aromatic rings. The molecule has 0 bridgehead atoms. The number of aliphatic hydroxyl groups excluding tert-OH is 1. The van der Waals surface area contributed by atoms with Gasteiger partial charge in [-0.2, -0.15) is 0 Å². The summed E-state index contributed by atoms with van der Waals surface area (Å²) in [7, 11) is 0. The fraction of sp³-hybridized carbons (Fsp3) is 0.556. The fourth-order valence-electron chi connectivity index (χ4n) is 2.25. The number of carbonyl (C=O) groups excluding carboxylic acids is 2. The SMILES string of the molecule is CCC(C)(CCO)NC(=O)c1ccc(NC(=O)CC(C)C)c(F)c1. The minimum absolute atomic E-state index is 0.0419. The third-order valence-corrected chi connectivity index (χ3v) is 3.96. The van der Waals surface area contributed by atoms with Gasteiger partial charge in [0.15, 0.2) is 0 Å². The van der Waals surface area contributed by atoms with E-state index in [1.54, 1.807) is 0 Å². The largest absolute Gasteiger partial charge is 0.396 e. The van der Waals surface area contributed by atoms with E-state index in [2.05, 4.69) is 10.6 Å². The molecular formula is C18H27FN2O3. The predicted molar refractivity (Wildman–Crippen MR) is 92.3 cm³/mol. The topological polar surface area (TPSA) is 78.4 Å². The number of hydrogen-bond acceptors (Lipinski definition) is 3. The van der Waals surface area contributed by atoms with Gasteiger partial charge < -0.3 is 15.7 Å². The molecule has 1 atom stereocenters. The van der Waals surface area contributed by atoms with Gasteiger partial charge in [-0.3, -0.25) is 9.59 Å². The number of amides is 2. The highest BCUT2D eigenvalue weighted by Gasteiger charge is 2.24. The zero-order valence-electron chi connectivity index (χ0n) is 14.8. The van der Waals surface area contributed by atoms with Crippen LogP contribution in [-0.2, 0) is 4.79 Å². The average Bonchev–Trinajstić information content (AvgIpc) is 2.48. The zero-order chi connectivity index (χ0) is 18.3. The van der Waals surface area contributed by atoms with Gasteiger partial charge in [0.25, 0.3) is 5.91 Å². The first-order valence-corrected chi connectivity index (χ1v) is 8.23. The minimum Gasteiger partial charge on any atom is -0.396 e. The van der Waals surface area contributed by atoms with E-state index in [0.717, 1.165) is 6.07 Å². The molecule has 0 aromatic heterocycles. The van der Waals surface area contributed by atoms with Crippen LogP contribution in [0.25, 0.3) is 0 Å². The first kappa shape index (κ1) is 20.1. The zero-order valence-corrected chi connectivity index (χ0v) is 14.8. The Morgan fingerprint density at radius 3 is 2.50 bits per heavy atom. The Morgan fingerprint density at radius 1 is 1.33 bits per heavy atom. The summed E-state index contributed by atoms with van der Waals surface area (Å²) < 4.78 is 14.1. The van der Waals surface area contributed by atoms with Crippen molar-refractivity contribution in [3.05, 3.63) is 29.6 Å². The molecule has 0 fully saturated rings. The van der Waals surface area contributed by atoms with Crippen LogP contribution in [-0.4, -0.2) is 29.1 Å². The Balaban J connectivity index is 2.83. The lowest BCUT2D eigenvalue weighted by molar-refractivity contribution is -0.116. The van der Waals surface area contributed by atoms with Gasteiger partial charge in [0.05, 0.1) is 5.69 Å². The van der Waals surface area contributed by atoms with Crippen molar-refractivity contribution in [2.75, 3.05) is 11.9 Å². The molecule has 0 saturated carbocycles. The number of aliphatic hydroxyl groups is 1. The Hall–Kier alpha value is -1.95. The predicted octanol–water partition coefficient (Wildman–Crippen LogP) is 3.09. The van der Waals surface area contributed by atoms with Crippen LogP contribution in [0, 0.1) is 11.7 Å². The van der Waals surface area contributed by atoms with Crippen LogP contribution < -0.4 is 10.6 Å². The smallest absolute Gasteiger partial charge is 0.251 e. The summed E-state index contributed by atoms with van der Waals surface area (Å²) >= 11 is 0. The summed E-state index contributed by atoms with van der Waals surface area (Å²) in [5, 5.41) is 14.4. The molecule has 5 nitrogen and oxygen atoms in total. The highest BCUT2D eigenvalue weighted by molar-refractivity contribution is 5.96. The highest BCUT2D eigenvalue weighted by atomic mass is 19.1. The summed E-state index contributed by atoms with van der Waals surface area (Å²) in [5.74, 6) is -1.15. The molecule has 134 valence electrons. The number of hydrogen-bond donors (Lipinski definition) is 3. The molecule has 1 rings (SSSR count). The summed E-state index contributed by atoms with van der Waals surface area (Å²) in [6.07, 6.45) is 1.36. The molecule has 0 heterocycles. The maximum Gasteiger partial charge on any atom is 0.251 e. The van der Waals surface area contributed by atoms with Crippen LogP contribution in [0.3, 0.4) is 0 Å². The van der Waals surface area contributed by atoms with Crippen molar-refractivity contribution in [2.24, 2.45) is 5.92 Å². The molecule has 24 heavy (non-hydrogen) atoms. The van der Waals surface area contributed by atoms with E-state index in [4.69, 9.17) is 5.11 Å². The maximum atomic E-state index is 14.1. The molecule has 3 N–H and O–H groups in total. The second-order valence-electron chi connectivity index (χ2n) is 6.68. The Bertz CT molecular complexity index is 590. The van der Waals surface area contributed by atoms with Crippen LogP contribution in [0.5, 0.6) is 0 Å². The second-order valence-corrected chi connectivity index (χ2v) is 6.68. The third-order valence-electron chi connectivity index (χ3n) is 3.96. The Kier molecular flexibility index (Phi) is 7.35. The molecule has 6 heteroatoms. The quantitative estimate of drug-likeness (QED) is 0.681. The maximum absolute atomic E-state index is 14.1. The van der Waals surface area contributed by atoms with Crippen LogP contribution in [0.15, 0.2) is 18.2 Å². The number of anilines is 1. The number of nitrogens with one attached hydrogen (secondary N) is 2. The lowest BCUT2D eigenvalue weighted by Crippen LogP contribution is -2.46. The molecule has 0 aliphatic heterocycles. The summed E-state index contributed by atoms with van der Waals surface area (Å²) in [6.45, 7) is 7.50. The van der Waals surface area contributed by atoms with Crippen molar-refractivity contribution in [3.8, 4) is 0 Å². The van der Waals surface area contributed by atoms with Gasteiger partial charge in [-0.1, -0.05) is 20.8 Å².